The minimum Gasteiger partial charge on any atom is -0.250 e. The third-order valence-corrected chi connectivity index (χ3v) is 0.243. The van der Waals surface area contributed by atoms with Crippen molar-refractivity contribution in [3.63, 3.8) is 0 Å². The molecule has 0 radical (unpaired) electrons. The average Bonchev–Trinajstić information content (AvgIpc) is 1.65. The SMILES string of the molecule is C=CC(=O)OF.[SiH4]. The van der Waals surface area contributed by atoms with Gasteiger partial charge in [0, 0.05) is 10.6 Å². The van der Waals surface area contributed by atoms with Crippen LogP contribution in [0.4, 0.5) is 4.53 Å². The lowest BCUT2D eigenvalue weighted by Gasteiger charge is -1.74. The van der Waals surface area contributed by atoms with Gasteiger partial charge in [-0.15, -0.1) is 0 Å². The molecule has 4 heteroatoms. The predicted molar refractivity (Wildman–Crippen MR) is 28.7 cm³/mol. The maximum atomic E-state index is 10.5. The molecule has 42 valence electrons. The first kappa shape index (κ1) is 9.61. The van der Waals surface area contributed by atoms with Crippen LogP contribution in [0.15, 0.2) is 12.7 Å². The topological polar surface area (TPSA) is 26.3 Å². The van der Waals surface area contributed by atoms with Crippen LogP contribution in [0.3, 0.4) is 0 Å². The first-order valence-corrected chi connectivity index (χ1v) is 1.26. The van der Waals surface area contributed by atoms with Gasteiger partial charge in [0.25, 0.3) is 0 Å². The third kappa shape index (κ3) is 5.36. The van der Waals surface area contributed by atoms with Gasteiger partial charge in [0.1, 0.15) is 0 Å². The molecule has 0 aliphatic heterocycles. The van der Waals surface area contributed by atoms with Crippen LogP contribution in [0.2, 0.25) is 0 Å². The highest BCUT2D eigenvalue weighted by molar-refractivity contribution is 5.80. The summed E-state index contributed by atoms with van der Waals surface area (Å²) in [4.78, 5) is 12.1. The molecule has 2 nitrogen and oxygen atoms in total. The molecule has 0 fully saturated rings. The van der Waals surface area contributed by atoms with E-state index < -0.39 is 5.97 Å². The van der Waals surface area contributed by atoms with E-state index in [1.807, 2.05) is 0 Å². The second-order valence-electron chi connectivity index (χ2n) is 0.600. The molecule has 0 amide bonds. The molecule has 0 heterocycles. The van der Waals surface area contributed by atoms with Gasteiger partial charge in [0.15, 0.2) is 0 Å². The summed E-state index contributed by atoms with van der Waals surface area (Å²) in [5.41, 5.74) is 0. The number of carbonyl (C=O) groups is 1. The molecule has 0 aromatic heterocycles. The average molecular weight is 122 g/mol. The molecule has 0 bridgehead atoms. The van der Waals surface area contributed by atoms with E-state index in [0.717, 1.165) is 6.08 Å². The lowest BCUT2D eigenvalue weighted by molar-refractivity contribution is -0.176. The van der Waals surface area contributed by atoms with Gasteiger partial charge in [-0.3, -0.25) is 4.94 Å². The summed E-state index contributed by atoms with van der Waals surface area (Å²) in [6.07, 6.45) is 0.736. The quantitative estimate of drug-likeness (QED) is 0.334. The van der Waals surface area contributed by atoms with E-state index in [1.165, 1.54) is 0 Å². The normalized spacial score (nSPS) is 5.86. The van der Waals surface area contributed by atoms with Gasteiger partial charge in [-0.25, -0.2) is 4.79 Å². The Morgan fingerprint density at radius 3 is 2.29 bits per heavy atom. The molecule has 0 aromatic carbocycles. The first-order valence-electron chi connectivity index (χ1n) is 1.26. The smallest absolute Gasteiger partial charge is 0.250 e. The molecule has 0 N–H and O–H groups in total. The summed E-state index contributed by atoms with van der Waals surface area (Å²) in [6, 6.07) is 0. The number of rotatable bonds is 1. The zero-order valence-electron chi connectivity index (χ0n) is 2.98. The van der Waals surface area contributed by atoms with Crippen LogP contribution in [0.1, 0.15) is 0 Å². The van der Waals surface area contributed by atoms with E-state index in [-0.39, 0.29) is 11.0 Å². The Balaban J connectivity index is 0. The third-order valence-electron chi connectivity index (χ3n) is 0.243. The zero-order valence-corrected chi connectivity index (χ0v) is 2.98. The number of hydrogen-bond donors (Lipinski definition) is 0. The van der Waals surface area contributed by atoms with Gasteiger partial charge in [-0.05, 0) is 11.0 Å². The zero-order chi connectivity index (χ0) is 4.99. The maximum Gasteiger partial charge on any atom is 0.371 e. The van der Waals surface area contributed by atoms with Crippen molar-refractivity contribution in [2.24, 2.45) is 0 Å². The largest absolute Gasteiger partial charge is 0.371 e. The minimum atomic E-state index is -1.06. The summed E-state index contributed by atoms with van der Waals surface area (Å²) >= 11 is 0. The van der Waals surface area contributed by atoms with Gasteiger partial charge < -0.3 is 0 Å². The van der Waals surface area contributed by atoms with Crippen molar-refractivity contribution in [2.45, 2.75) is 0 Å². The van der Waals surface area contributed by atoms with Gasteiger partial charge >= 0.3 is 5.97 Å². The van der Waals surface area contributed by atoms with Crippen molar-refractivity contribution in [3.8, 4) is 0 Å². The van der Waals surface area contributed by atoms with E-state index >= 15 is 0 Å². The lowest BCUT2D eigenvalue weighted by atomic mass is 10.7. The van der Waals surface area contributed by atoms with E-state index in [0.29, 0.717) is 0 Å². The Morgan fingerprint density at radius 1 is 1.86 bits per heavy atom. The lowest BCUT2D eigenvalue weighted by Crippen LogP contribution is -1.87. The summed E-state index contributed by atoms with van der Waals surface area (Å²) < 4.78 is 10.5. The van der Waals surface area contributed by atoms with Crippen LogP contribution in [-0.4, -0.2) is 16.9 Å². The van der Waals surface area contributed by atoms with Crippen molar-refractivity contribution in [1.29, 1.82) is 0 Å². The summed E-state index contributed by atoms with van der Waals surface area (Å²) in [5.74, 6) is -1.06. The molecule has 0 spiro atoms. The molecule has 0 aliphatic carbocycles. The number of hydrogen-bond acceptors (Lipinski definition) is 2. The molecule has 0 rings (SSSR count). The Labute approximate surface area is 44.9 Å². The highest BCUT2D eigenvalue weighted by Crippen LogP contribution is 1.74. The highest BCUT2D eigenvalue weighted by atomic mass is 28.1. The molecule has 0 saturated heterocycles. The Kier molecular flexibility index (Phi) is 7.35. The van der Waals surface area contributed by atoms with Crippen LogP contribution in [0, 0.1) is 0 Å². The molecule has 0 aliphatic rings. The van der Waals surface area contributed by atoms with Crippen LogP contribution in [0.25, 0.3) is 0 Å². The fourth-order valence-corrected chi connectivity index (χ4v) is 0.0315. The van der Waals surface area contributed by atoms with Crippen molar-refractivity contribution in [3.05, 3.63) is 12.7 Å². The van der Waals surface area contributed by atoms with Crippen LogP contribution in [0.5, 0.6) is 0 Å². The molecule has 0 atom stereocenters. The predicted octanol–water partition coefficient (Wildman–Crippen LogP) is -0.852. The van der Waals surface area contributed by atoms with Crippen molar-refractivity contribution >= 4 is 16.9 Å². The Hall–Kier alpha value is -0.643. The molecule has 0 unspecified atom stereocenters. The van der Waals surface area contributed by atoms with Crippen LogP contribution in [-0.2, 0) is 9.74 Å². The maximum absolute atomic E-state index is 10.5. The van der Waals surface area contributed by atoms with Crippen LogP contribution < -0.4 is 0 Å². The fourth-order valence-electron chi connectivity index (χ4n) is 0.0315. The molecular formula is C3H7FO2Si. The second kappa shape index (κ2) is 5.36. The van der Waals surface area contributed by atoms with E-state index in [4.69, 9.17) is 0 Å². The fraction of sp³-hybridized carbons (Fsp3) is 0. The number of halogens is 1. The minimum absolute atomic E-state index is 0. The van der Waals surface area contributed by atoms with Gasteiger partial charge in [0.05, 0.1) is 0 Å². The Morgan fingerprint density at radius 2 is 2.29 bits per heavy atom. The number of carbonyl (C=O) groups excluding carboxylic acids is 1. The standard InChI is InChI=1S/C3H3FO2.H4Si/c1-2-3(5)6-4;/h2H,1H2;1H4. The van der Waals surface area contributed by atoms with E-state index in [1.54, 1.807) is 0 Å². The molecular weight excluding hydrogens is 115 g/mol. The molecule has 7 heavy (non-hydrogen) atoms. The van der Waals surface area contributed by atoms with Gasteiger partial charge in [-0.2, -0.15) is 0 Å². The monoisotopic (exact) mass is 122 g/mol. The van der Waals surface area contributed by atoms with E-state index in [2.05, 4.69) is 11.5 Å². The summed E-state index contributed by atoms with van der Waals surface area (Å²) in [6.45, 7) is 2.92. The van der Waals surface area contributed by atoms with E-state index in [9.17, 15) is 9.32 Å². The summed E-state index contributed by atoms with van der Waals surface area (Å²) in [7, 11) is 0. The Bertz CT molecular complexity index is 73.3. The second-order valence-corrected chi connectivity index (χ2v) is 0.600. The van der Waals surface area contributed by atoms with Crippen molar-refractivity contribution < 1.29 is 14.3 Å². The molecule has 0 aromatic rings. The highest BCUT2D eigenvalue weighted by Gasteiger charge is 1.87. The van der Waals surface area contributed by atoms with Crippen molar-refractivity contribution in [2.75, 3.05) is 0 Å². The van der Waals surface area contributed by atoms with Crippen molar-refractivity contribution in [1.82, 2.24) is 0 Å². The first-order chi connectivity index (χ1) is 2.81. The molecule has 0 saturated carbocycles. The van der Waals surface area contributed by atoms with Gasteiger partial charge in [0.2, 0.25) is 0 Å². The van der Waals surface area contributed by atoms with Gasteiger partial charge in [-0.1, -0.05) is 6.58 Å². The van der Waals surface area contributed by atoms with Crippen LogP contribution >= 0.6 is 0 Å². The summed E-state index contributed by atoms with van der Waals surface area (Å²) in [5, 5.41) is 0.